The second-order valence-corrected chi connectivity index (χ2v) is 4.54. The Labute approximate surface area is 90.8 Å². The van der Waals surface area contributed by atoms with Gasteiger partial charge in [-0.3, -0.25) is 0 Å². The van der Waals surface area contributed by atoms with E-state index in [4.69, 9.17) is 0 Å². The maximum Gasteiger partial charge on any atom is 0.127 e. The zero-order valence-corrected chi connectivity index (χ0v) is 9.60. The lowest BCUT2D eigenvalue weighted by Crippen LogP contribution is -2.10. The molecule has 0 heterocycles. The second-order valence-electron chi connectivity index (χ2n) is 4.54. The lowest BCUT2D eigenvalue weighted by Gasteiger charge is -2.17. The van der Waals surface area contributed by atoms with Crippen LogP contribution in [0.5, 0.6) is 0 Å². The van der Waals surface area contributed by atoms with Gasteiger partial charge in [-0.2, -0.15) is 0 Å². The van der Waals surface area contributed by atoms with Crippen molar-refractivity contribution in [3.05, 3.63) is 46.8 Å². The van der Waals surface area contributed by atoms with Crippen LogP contribution in [0.1, 0.15) is 37.8 Å². The number of allylic oxidation sites excluding steroid dienone is 2. The summed E-state index contributed by atoms with van der Waals surface area (Å²) < 4.78 is 13.9. The molecule has 1 saturated carbocycles. The van der Waals surface area contributed by atoms with E-state index in [0.29, 0.717) is 0 Å². The van der Waals surface area contributed by atoms with E-state index < -0.39 is 0 Å². The molecular weight excluding hydrogens is 187 g/mol. The van der Waals surface area contributed by atoms with Crippen LogP contribution in [0.3, 0.4) is 0 Å². The van der Waals surface area contributed by atoms with Gasteiger partial charge in [-0.05, 0) is 50.8 Å². The maximum absolute atomic E-state index is 13.9. The quantitative estimate of drug-likeness (QED) is 0.635. The van der Waals surface area contributed by atoms with Gasteiger partial charge in [-0.15, -0.1) is 0 Å². The summed E-state index contributed by atoms with van der Waals surface area (Å²) >= 11 is 0. The van der Waals surface area contributed by atoms with Gasteiger partial charge in [-0.1, -0.05) is 23.8 Å². The minimum absolute atomic E-state index is 0.0204. The van der Waals surface area contributed by atoms with Crippen molar-refractivity contribution < 1.29 is 4.39 Å². The van der Waals surface area contributed by atoms with Gasteiger partial charge >= 0.3 is 0 Å². The number of hydrogen-bond donors (Lipinski definition) is 0. The lowest BCUT2D eigenvalue weighted by molar-refractivity contribution is 0.590. The Morgan fingerprint density at radius 3 is 2.53 bits per heavy atom. The van der Waals surface area contributed by atoms with Crippen molar-refractivity contribution in [1.82, 2.24) is 0 Å². The minimum Gasteiger partial charge on any atom is -0.207 e. The molecule has 0 amide bonds. The number of halogens is 1. The summed E-state index contributed by atoms with van der Waals surface area (Å²) in [6.45, 7) is 6.06. The topological polar surface area (TPSA) is 0 Å². The van der Waals surface area contributed by atoms with E-state index in [1.54, 1.807) is 6.07 Å². The van der Waals surface area contributed by atoms with Crippen molar-refractivity contribution in [2.45, 2.75) is 39.0 Å². The summed E-state index contributed by atoms with van der Waals surface area (Å²) in [4.78, 5) is 0. The third kappa shape index (κ3) is 1.60. The molecule has 15 heavy (non-hydrogen) atoms. The molecule has 0 unspecified atom stereocenters. The standard InChI is InChI=1S/C14H17F/c1-4-11(3)14(7-8-14)12-6-5-10(2)9-13(12)15/h4-6,9H,7-8H2,1-3H3/b11-4-. The smallest absolute Gasteiger partial charge is 0.127 e. The van der Waals surface area contributed by atoms with Crippen LogP contribution in [0, 0.1) is 12.7 Å². The molecule has 0 radical (unpaired) electrons. The van der Waals surface area contributed by atoms with Crippen LogP contribution in [-0.2, 0) is 5.41 Å². The minimum atomic E-state index is -0.0475. The lowest BCUT2D eigenvalue weighted by atomic mass is 9.87. The Balaban J connectivity index is 2.46. The highest BCUT2D eigenvalue weighted by Gasteiger charge is 2.46. The van der Waals surface area contributed by atoms with Crippen LogP contribution < -0.4 is 0 Å². The highest BCUT2D eigenvalue weighted by molar-refractivity contribution is 5.43. The normalized spacial score (nSPS) is 19.1. The van der Waals surface area contributed by atoms with Crippen molar-refractivity contribution in [1.29, 1.82) is 0 Å². The first-order chi connectivity index (χ1) is 7.10. The molecule has 0 saturated heterocycles. The van der Waals surface area contributed by atoms with E-state index in [9.17, 15) is 4.39 Å². The van der Waals surface area contributed by atoms with E-state index in [0.717, 1.165) is 24.0 Å². The predicted octanol–water partition coefficient (Wildman–Crippen LogP) is 4.13. The summed E-state index contributed by atoms with van der Waals surface area (Å²) in [7, 11) is 0. The largest absolute Gasteiger partial charge is 0.207 e. The molecule has 0 N–H and O–H groups in total. The van der Waals surface area contributed by atoms with Gasteiger partial charge in [0.05, 0.1) is 0 Å². The van der Waals surface area contributed by atoms with Crippen LogP contribution >= 0.6 is 0 Å². The molecule has 1 fully saturated rings. The SMILES string of the molecule is C/C=C(/C)C1(c2ccc(C)cc2F)CC1. The average Bonchev–Trinajstić information content (AvgIpc) is 2.97. The molecule has 2 rings (SSSR count). The Hall–Kier alpha value is -1.11. The third-order valence-electron chi connectivity index (χ3n) is 3.58. The first-order valence-electron chi connectivity index (χ1n) is 5.50. The summed E-state index contributed by atoms with van der Waals surface area (Å²) in [6, 6.07) is 5.59. The van der Waals surface area contributed by atoms with Crippen molar-refractivity contribution in [2.24, 2.45) is 0 Å². The first kappa shape index (κ1) is 10.4. The third-order valence-corrected chi connectivity index (χ3v) is 3.58. The van der Waals surface area contributed by atoms with Crippen molar-refractivity contribution in [3.8, 4) is 0 Å². The van der Waals surface area contributed by atoms with Gasteiger partial charge < -0.3 is 0 Å². The molecule has 0 atom stereocenters. The molecule has 80 valence electrons. The van der Waals surface area contributed by atoms with Crippen molar-refractivity contribution >= 4 is 0 Å². The number of aryl methyl sites for hydroxylation is 1. The fourth-order valence-electron chi connectivity index (χ4n) is 2.29. The van der Waals surface area contributed by atoms with Gasteiger partial charge in [0.1, 0.15) is 5.82 Å². The maximum atomic E-state index is 13.9. The predicted molar refractivity (Wildman–Crippen MR) is 61.5 cm³/mol. The van der Waals surface area contributed by atoms with E-state index in [2.05, 4.69) is 13.0 Å². The highest BCUT2D eigenvalue weighted by Crippen LogP contribution is 2.54. The number of benzene rings is 1. The summed E-state index contributed by atoms with van der Waals surface area (Å²) in [5.74, 6) is -0.0475. The number of hydrogen-bond acceptors (Lipinski definition) is 0. The van der Waals surface area contributed by atoms with Gasteiger partial charge in [0, 0.05) is 5.41 Å². The Morgan fingerprint density at radius 1 is 1.40 bits per heavy atom. The zero-order chi connectivity index (χ0) is 11.1. The molecule has 1 heteroatoms. The molecule has 0 nitrogen and oxygen atoms in total. The fourth-order valence-corrected chi connectivity index (χ4v) is 2.29. The van der Waals surface area contributed by atoms with Gasteiger partial charge in [-0.25, -0.2) is 4.39 Å². The Kier molecular flexibility index (Phi) is 2.41. The van der Waals surface area contributed by atoms with Crippen molar-refractivity contribution in [3.63, 3.8) is 0 Å². The van der Waals surface area contributed by atoms with Gasteiger partial charge in [0.25, 0.3) is 0 Å². The molecule has 0 bridgehead atoms. The molecule has 1 aliphatic rings. The second kappa shape index (κ2) is 3.48. The van der Waals surface area contributed by atoms with Gasteiger partial charge in [0.15, 0.2) is 0 Å². The number of rotatable bonds is 2. The summed E-state index contributed by atoms with van der Waals surface area (Å²) in [5.41, 5.74) is 3.19. The molecule has 1 aromatic carbocycles. The Morgan fingerprint density at radius 2 is 2.07 bits per heavy atom. The van der Waals surface area contributed by atoms with Crippen LogP contribution in [0.25, 0.3) is 0 Å². The molecule has 0 spiro atoms. The molecule has 1 aliphatic carbocycles. The monoisotopic (exact) mass is 204 g/mol. The summed E-state index contributed by atoms with van der Waals surface area (Å²) in [5, 5.41) is 0. The van der Waals surface area contributed by atoms with E-state index in [1.165, 1.54) is 5.57 Å². The van der Waals surface area contributed by atoms with Crippen LogP contribution in [0.2, 0.25) is 0 Å². The fraction of sp³-hybridized carbons (Fsp3) is 0.429. The van der Waals surface area contributed by atoms with Crippen LogP contribution in [-0.4, -0.2) is 0 Å². The molecule has 0 aliphatic heterocycles. The molecule has 0 aromatic heterocycles. The van der Waals surface area contributed by atoms with Crippen molar-refractivity contribution in [2.75, 3.05) is 0 Å². The zero-order valence-electron chi connectivity index (χ0n) is 9.60. The average molecular weight is 204 g/mol. The van der Waals surface area contributed by atoms with Gasteiger partial charge in [0.2, 0.25) is 0 Å². The molecular formula is C14H17F. The first-order valence-corrected chi connectivity index (χ1v) is 5.50. The molecule has 1 aromatic rings. The van der Waals surface area contributed by atoms with E-state index in [1.807, 2.05) is 26.0 Å². The van der Waals surface area contributed by atoms with E-state index >= 15 is 0 Å². The van der Waals surface area contributed by atoms with Crippen LogP contribution in [0.4, 0.5) is 4.39 Å². The Bertz CT molecular complexity index is 411. The highest BCUT2D eigenvalue weighted by atomic mass is 19.1. The summed E-state index contributed by atoms with van der Waals surface area (Å²) in [6.07, 6.45) is 4.28. The van der Waals surface area contributed by atoms with Crippen LogP contribution in [0.15, 0.2) is 29.8 Å². The van der Waals surface area contributed by atoms with E-state index in [-0.39, 0.29) is 11.2 Å².